The van der Waals surface area contributed by atoms with Crippen molar-refractivity contribution >= 4 is 17.0 Å². The van der Waals surface area contributed by atoms with Gasteiger partial charge < -0.3 is 19.9 Å². The summed E-state index contributed by atoms with van der Waals surface area (Å²) >= 11 is 0. The van der Waals surface area contributed by atoms with E-state index in [4.69, 9.17) is 5.73 Å². The molecule has 5 nitrogen and oxygen atoms in total. The van der Waals surface area contributed by atoms with E-state index in [-0.39, 0.29) is 37.1 Å². The Bertz CT molecular complexity index is 1100. The van der Waals surface area contributed by atoms with Gasteiger partial charge in [-0.2, -0.15) is 0 Å². The van der Waals surface area contributed by atoms with Gasteiger partial charge in [-0.05, 0) is 24.1 Å². The van der Waals surface area contributed by atoms with E-state index in [0.29, 0.717) is 11.5 Å². The number of ether oxygens (including phenoxy) is 1. The van der Waals surface area contributed by atoms with Crippen LogP contribution in [0.5, 0.6) is 5.75 Å². The van der Waals surface area contributed by atoms with Gasteiger partial charge in [0.2, 0.25) is 5.95 Å². The largest absolute Gasteiger partial charge is 0.573 e. The molecule has 1 saturated heterocycles. The van der Waals surface area contributed by atoms with Crippen molar-refractivity contribution in [3.63, 3.8) is 0 Å². The van der Waals surface area contributed by atoms with Gasteiger partial charge in [-0.25, -0.2) is 18.2 Å². The number of imidazole rings is 1. The van der Waals surface area contributed by atoms with Crippen molar-refractivity contribution in [2.75, 3.05) is 18.0 Å². The van der Waals surface area contributed by atoms with Crippen molar-refractivity contribution in [2.24, 2.45) is 5.73 Å². The Hall–Kier alpha value is -2.95. The van der Waals surface area contributed by atoms with E-state index in [1.807, 2.05) is 0 Å². The molecule has 11 heteroatoms. The third kappa shape index (κ3) is 4.55. The number of piperidine rings is 1. The normalized spacial score (nSPS) is 19.8. The number of aromatic nitrogens is 2. The number of fused-ring (bicyclic) bond motifs is 1. The molecule has 4 rings (SSSR count). The van der Waals surface area contributed by atoms with Crippen molar-refractivity contribution in [2.45, 2.75) is 31.5 Å². The van der Waals surface area contributed by atoms with Crippen LogP contribution in [0.2, 0.25) is 0 Å². The fourth-order valence-corrected chi connectivity index (χ4v) is 3.66. The SMILES string of the molecule is NC1CN(c2nc3cc(F)c(F)cc3n2Cc2cccc(OC(F)(F)F)c2)CCC1F. The first-order valence-electron chi connectivity index (χ1n) is 9.45. The predicted molar refractivity (Wildman–Crippen MR) is 102 cm³/mol. The first-order chi connectivity index (χ1) is 14.6. The number of benzene rings is 2. The van der Waals surface area contributed by atoms with E-state index < -0.39 is 36.0 Å². The summed E-state index contributed by atoms with van der Waals surface area (Å²) in [6.45, 7) is 0.407. The van der Waals surface area contributed by atoms with Crippen molar-refractivity contribution in [1.29, 1.82) is 0 Å². The van der Waals surface area contributed by atoms with Gasteiger partial charge in [0.25, 0.3) is 0 Å². The fraction of sp³-hybridized carbons (Fsp3) is 0.350. The van der Waals surface area contributed by atoms with Crippen LogP contribution < -0.4 is 15.4 Å². The van der Waals surface area contributed by atoms with Crippen LogP contribution in [-0.2, 0) is 6.54 Å². The molecule has 1 aliphatic rings. The molecule has 166 valence electrons. The predicted octanol–water partition coefficient (Wildman–Crippen LogP) is 4.14. The summed E-state index contributed by atoms with van der Waals surface area (Å²) in [6, 6.07) is 6.46. The highest BCUT2D eigenvalue weighted by molar-refractivity contribution is 5.79. The van der Waals surface area contributed by atoms with Gasteiger partial charge in [-0.15, -0.1) is 13.2 Å². The minimum atomic E-state index is -4.85. The molecule has 0 saturated carbocycles. The average Bonchev–Trinajstić information content (AvgIpc) is 3.00. The van der Waals surface area contributed by atoms with Crippen LogP contribution >= 0.6 is 0 Å². The minimum Gasteiger partial charge on any atom is -0.406 e. The number of alkyl halides is 4. The lowest BCUT2D eigenvalue weighted by molar-refractivity contribution is -0.274. The number of hydrogen-bond acceptors (Lipinski definition) is 4. The zero-order valence-electron chi connectivity index (χ0n) is 16.0. The second-order valence-electron chi connectivity index (χ2n) is 7.36. The van der Waals surface area contributed by atoms with E-state index in [2.05, 4.69) is 9.72 Å². The number of halogens is 6. The number of nitrogens with zero attached hydrogens (tertiary/aromatic N) is 3. The number of rotatable bonds is 4. The molecule has 0 radical (unpaired) electrons. The van der Waals surface area contributed by atoms with Crippen LogP contribution in [0.3, 0.4) is 0 Å². The van der Waals surface area contributed by atoms with Gasteiger partial charge in [0.05, 0.1) is 23.6 Å². The first kappa shape index (κ1) is 21.3. The maximum Gasteiger partial charge on any atom is 0.573 e. The van der Waals surface area contributed by atoms with Crippen LogP contribution in [0.25, 0.3) is 11.0 Å². The molecule has 0 amide bonds. The Balaban J connectivity index is 1.75. The average molecular weight is 444 g/mol. The number of anilines is 1. The molecule has 0 bridgehead atoms. The van der Waals surface area contributed by atoms with E-state index in [1.54, 1.807) is 11.0 Å². The summed E-state index contributed by atoms with van der Waals surface area (Å²) in [5.41, 5.74) is 6.65. The Morgan fingerprint density at radius 3 is 2.58 bits per heavy atom. The molecular formula is C20H18F6N4O. The molecular weight excluding hydrogens is 426 g/mol. The highest BCUT2D eigenvalue weighted by atomic mass is 19.4. The van der Waals surface area contributed by atoms with Crippen molar-refractivity contribution < 1.29 is 31.1 Å². The summed E-state index contributed by atoms with van der Waals surface area (Å²) < 4.78 is 84.7. The third-order valence-electron chi connectivity index (χ3n) is 5.10. The topological polar surface area (TPSA) is 56.3 Å². The fourth-order valence-electron chi connectivity index (χ4n) is 3.66. The molecule has 1 aromatic heterocycles. The lowest BCUT2D eigenvalue weighted by Crippen LogP contribution is -2.50. The monoisotopic (exact) mass is 444 g/mol. The molecule has 2 atom stereocenters. The molecule has 0 aliphatic carbocycles. The highest BCUT2D eigenvalue weighted by Crippen LogP contribution is 2.30. The Kier molecular flexibility index (Phi) is 5.46. The molecule has 1 fully saturated rings. The molecule has 2 aromatic carbocycles. The highest BCUT2D eigenvalue weighted by Gasteiger charge is 2.32. The molecule has 2 unspecified atom stereocenters. The van der Waals surface area contributed by atoms with Gasteiger partial charge >= 0.3 is 6.36 Å². The summed E-state index contributed by atoms with van der Waals surface area (Å²) in [5, 5.41) is 0. The van der Waals surface area contributed by atoms with Gasteiger partial charge in [-0.3, -0.25) is 0 Å². The summed E-state index contributed by atoms with van der Waals surface area (Å²) in [6.07, 6.45) is -5.87. The summed E-state index contributed by atoms with van der Waals surface area (Å²) in [5.74, 6) is -2.28. The quantitative estimate of drug-likeness (QED) is 0.615. The lowest BCUT2D eigenvalue weighted by Gasteiger charge is -2.34. The first-order valence-corrected chi connectivity index (χ1v) is 9.45. The molecule has 31 heavy (non-hydrogen) atoms. The van der Waals surface area contributed by atoms with Crippen LogP contribution in [0.4, 0.5) is 32.3 Å². The smallest absolute Gasteiger partial charge is 0.406 e. The Labute approximate surface area is 173 Å². The number of nitrogens with two attached hydrogens (primary N) is 1. The van der Waals surface area contributed by atoms with Crippen molar-refractivity contribution in [3.8, 4) is 5.75 Å². The van der Waals surface area contributed by atoms with Crippen LogP contribution in [0, 0.1) is 11.6 Å². The zero-order chi connectivity index (χ0) is 22.3. The van der Waals surface area contributed by atoms with E-state index >= 15 is 0 Å². The minimum absolute atomic E-state index is 0.00322. The van der Waals surface area contributed by atoms with Gasteiger partial charge in [0.15, 0.2) is 11.6 Å². The third-order valence-corrected chi connectivity index (χ3v) is 5.10. The second kappa shape index (κ2) is 7.95. The molecule has 2 heterocycles. The lowest BCUT2D eigenvalue weighted by atomic mass is 10.1. The van der Waals surface area contributed by atoms with E-state index in [1.165, 1.54) is 16.7 Å². The van der Waals surface area contributed by atoms with Crippen molar-refractivity contribution in [3.05, 3.63) is 53.6 Å². The Morgan fingerprint density at radius 1 is 1.13 bits per heavy atom. The zero-order valence-corrected chi connectivity index (χ0v) is 16.0. The van der Waals surface area contributed by atoms with E-state index in [0.717, 1.165) is 18.2 Å². The van der Waals surface area contributed by atoms with Gasteiger partial charge in [0.1, 0.15) is 11.9 Å². The molecule has 3 aromatic rings. The summed E-state index contributed by atoms with van der Waals surface area (Å²) in [4.78, 5) is 6.07. The number of hydrogen-bond donors (Lipinski definition) is 1. The Morgan fingerprint density at radius 2 is 1.87 bits per heavy atom. The standard InChI is InChI=1S/C20H18F6N4O/c21-13-4-5-29(10-16(13)27)19-28-17-7-14(22)15(23)8-18(17)30(19)9-11-2-1-3-12(6-11)31-20(24,25)26/h1-3,6-8,13,16H,4-5,9-10,27H2. The van der Waals surface area contributed by atoms with E-state index in [9.17, 15) is 26.3 Å². The van der Waals surface area contributed by atoms with Crippen LogP contribution in [-0.4, -0.2) is 41.2 Å². The maximum atomic E-state index is 13.9. The molecule has 2 N–H and O–H groups in total. The van der Waals surface area contributed by atoms with Crippen molar-refractivity contribution in [1.82, 2.24) is 9.55 Å². The van der Waals surface area contributed by atoms with Crippen LogP contribution in [0.1, 0.15) is 12.0 Å². The van der Waals surface area contributed by atoms with Crippen LogP contribution in [0.15, 0.2) is 36.4 Å². The molecule has 1 aliphatic heterocycles. The van der Waals surface area contributed by atoms with Gasteiger partial charge in [0, 0.05) is 25.2 Å². The second-order valence-corrected chi connectivity index (χ2v) is 7.36. The summed E-state index contributed by atoms with van der Waals surface area (Å²) in [7, 11) is 0. The van der Waals surface area contributed by atoms with Gasteiger partial charge in [-0.1, -0.05) is 12.1 Å². The molecule has 0 spiro atoms. The maximum absolute atomic E-state index is 13.9.